The molecule has 0 spiro atoms. The Kier molecular flexibility index (Phi) is 6.14. The highest BCUT2D eigenvalue weighted by Crippen LogP contribution is 2.25. The van der Waals surface area contributed by atoms with Crippen molar-refractivity contribution >= 4 is 22.6 Å². The van der Waals surface area contributed by atoms with E-state index in [2.05, 4.69) is 20.6 Å². The summed E-state index contributed by atoms with van der Waals surface area (Å²) in [7, 11) is 1.48. The number of fused-ring (bicyclic) bond motifs is 1. The number of nitrogens with zero attached hydrogens (tertiary/aromatic N) is 4. The Labute approximate surface area is 211 Å². The first-order chi connectivity index (χ1) is 17.8. The first-order valence-corrected chi connectivity index (χ1v) is 11.4. The zero-order valence-corrected chi connectivity index (χ0v) is 20.6. The molecule has 10 heteroatoms. The number of carbonyl (C=O) groups excluding carboxylic acids is 1. The van der Waals surface area contributed by atoms with E-state index in [-0.39, 0.29) is 11.1 Å². The smallest absolute Gasteiger partial charge is 0.349 e. The van der Waals surface area contributed by atoms with Crippen LogP contribution in [0.3, 0.4) is 0 Å². The highest BCUT2D eigenvalue weighted by Gasteiger charge is 2.16. The number of para-hydroxylation sites is 1. The maximum atomic E-state index is 12.7. The van der Waals surface area contributed by atoms with Crippen LogP contribution in [0.1, 0.15) is 27.3 Å². The maximum absolute atomic E-state index is 12.7. The van der Waals surface area contributed by atoms with Gasteiger partial charge in [-0.3, -0.25) is 4.79 Å². The Balaban J connectivity index is 1.28. The van der Waals surface area contributed by atoms with Crippen LogP contribution in [0.25, 0.3) is 16.8 Å². The van der Waals surface area contributed by atoms with E-state index in [9.17, 15) is 9.59 Å². The Bertz CT molecular complexity index is 1670. The lowest BCUT2D eigenvalue weighted by molar-refractivity contribution is 0.102. The van der Waals surface area contributed by atoms with Crippen LogP contribution in [-0.4, -0.2) is 33.0 Å². The van der Waals surface area contributed by atoms with Gasteiger partial charge in [-0.05, 0) is 68.8 Å². The third-order valence-electron chi connectivity index (χ3n) is 6.02. The average molecular weight is 498 g/mol. The molecule has 1 amide bonds. The Morgan fingerprint density at radius 2 is 1.78 bits per heavy atom. The molecule has 0 saturated heterocycles. The van der Waals surface area contributed by atoms with Crippen LogP contribution in [0.4, 0.5) is 5.69 Å². The number of amides is 1. The van der Waals surface area contributed by atoms with Crippen LogP contribution in [0.15, 0.2) is 69.9 Å². The second-order valence-electron chi connectivity index (χ2n) is 8.34. The van der Waals surface area contributed by atoms with Gasteiger partial charge in [-0.1, -0.05) is 12.1 Å². The summed E-state index contributed by atoms with van der Waals surface area (Å²) in [6, 6.07) is 16.8. The maximum Gasteiger partial charge on any atom is 0.349 e. The Morgan fingerprint density at radius 1 is 1.00 bits per heavy atom. The van der Waals surface area contributed by atoms with E-state index < -0.39 is 11.5 Å². The molecular weight excluding hydrogens is 474 g/mol. The number of ether oxygens (including phenoxy) is 2. The normalized spacial score (nSPS) is 10.9. The van der Waals surface area contributed by atoms with Crippen LogP contribution in [0, 0.1) is 20.8 Å². The fourth-order valence-corrected chi connectivity index (χ4v) is 3.79. The van der Waals surface area contributed by atoms with Gasteiger partial charge in [0, 0.05) is 22.8 Å². The molecule has 3 aromatic heterocycles. The van der Waals surface area contributed by atoms with Gasteiger partial charge < -0.3 is 19.2 Å². The molecule has 5 aromatic rings. The van der Waals surface area contributed by atoms with Crippen molar-refractivity contribution in [2.45, 2.75) is 20.8 Å². The van der Waals surface area contributed by atoms with Crippen LogP contribution >= 0.6 is 0 Å². The number of nitrogens with one attached hydrogen (secondary N) is 1. The van der Waals surface area contributed by atoms with E-state index in [0.717, 1.165) is 17.0 Å². The predicted octanol–water partition coefficient (Wildman–Crippen LogP) is 4.75. The quantitative estimate of drug-likeness (QED) is 0.334. The monoisotopic (exact) mass is 497 g/mol. The molecule has 0 saturated carbocycles. The van der Waals surface area contributed by atoms with Gasteiger partial charge in [0.05, 0.1) is 12.8 Å². The number of carbonyl (C=O) groups is 1. The summed E-state index contributed by atoms with van der Waals surface area (Å²) < 4.78 is 18.1. The van der Waals surface area contributed by atoms with Gasteiger partial charge in [-0.25, -0.2) is 9.48 Å². The Hall–Kier alpha value is -4.99. The van der Waals surface area contributed by atoms with Crippen molar-refractivity contribution in [3.8, 4) is 23.2 Å². The van der Waals surface area contributed by atoms with Gasteiger partial charge >= 0.3 is 5.63 Å². The standard InChI is InChI=1S/C27H23N5O5/c1-15-16(2)31-32(17(15)3)23-12-13-24(30-29-23)36-20-10-8-19(9-11-20)28-26(33)21-14-18-6-5-7-22(35-4)25(18)37-27(21)34/h5-14H,1-4H3,(H,28,33). The van der Waals surface area contributed by atoms with E-state index in [4.69, 9.17) is 13.9 Å². The van der Waals surface area contributed by atoms with Crippen molar-refractivity contribution in [1.82, 2.24) is 20.0 Å². The minimum absolute atomic E-state index is 0.116. The summed E-state index contributed by atoms with van der Waals surface area (Å²) in [6.45, 7) is 5.94. The fraction of sp³-hybridized carbons (Fsp3) is 0.148. The molecule has 10 nitrogen and oxygen atoms in total. The van der Waals surface area contributed by atoms with Gasteiger partial charge in [0.2, 0.25) is 5.88 Å². The summed E-state index contributed by atoms with van der Waals surface area (Å²) in [4.78, 5) is 25.2. The zero-order valence-electron chi connectivity index (χ0n) is 20.6. The van der Waals surface area contributed by atoms with E-state index >= 15 is 0 Å². The summed E-state index contributed by atoms with van der Waals surface area (Å²) in [5, 5.41) is 16.1. The third-order valence-corrected chi connectivity index (χ3v) is 6.02. The van der Waals surface area contributed by atoms with Crippen molar-refractivity contribution in [2.75, 3.05) is 12.4 Å². The van der Waals surface area contributed by atoms with Gasteiger partial charge in [-0.15, -0.1) is 10.2 Å². The highest BCUT2D eigenvalue weighted by molar-refractivity contribution is 6.05. The number of anilines is 1. The molecule has 0 fully saturated rings. The van der Waals surface area contributed by atoms with E-state index in [1.54, 1.807) is 59.3 Å². The number of methoxy groups -OCH3 is 1. The number of aromatic nitrogens is 4. The number of benzene rings is 2. The molecule has 1 N–H and O–H groups in total. The number of hydrogen-bond acceptors (Lipinski definition) is 8. The highest BCUT2D eigenvalue weighted by atomic mass is 16.5. The number of rotatable bonds is 6. The van der Waals surface area contributed by atoms with E-state index in [1.807, 2.05) is 20.8 Å². The van der Waals surface area contributed by atoms with Gasteiger partial charge in [0.15, 0.2) is 17.2 Å². The predicted molar refractivity (Wildman–Crippen MR) is 137 cm³/mol. The van der Waals surface area contributed by atoms with Gasteiger partial charge in [0.1, 0.15) is 11.3 Å². The molecule has 0 unspecified atom stereocenters. The average Bonchev–Trinajstić information content (AvgIpc) is 3.16. The van der Waals surface area contributed by atoms with Crippen LogP contribution in [0.5, 0.6) is 17.4 Å². The summed E-state index contributed by atoms with van der Waals surface area (Å²) in [6.07, 6.45) is 0. The molecule has 0 atom stereocenters. The molecule has 2 aromatic carbocycles. The minimum atomic E-state index is -0.757. The van der Waals surface area contributed by atoms with Crippen molar-refractivity contribution in [3.63, 3.8) is 0 Å². The third kappa shape index (κ3) is 4.64. The molecule has 0 bridgehead atoms. The second kappa shape index (κ2) is 9.57. The SMILES string of the molecule is COc1cccc2cc(C(=O)Nc3ccc(Oc4ccc(-n5nc(C)c(C)c5C)nn4)cc3)c(=O)oc12. The lowest BCUT2D eigenvalue weighted by Crippen LogP contribution is -2.20. The lowest BCUT2D eigenvalue weighted by Gasteiger charge is -2.09. The zero-order chi connectivity index (χ0) is 26.1. The minimum Gasteiger partial charge on any atom is -0.493 e. The van der Waals surface area contributed by atoms with E-state index in [1.165, 1.54) is 13.2 Å². The van der Waals surface area contributed by atoms with Crippen LogP contribution < -0.4 is 20.4 Å². The largest absolute Gasteiger partial charge is 0.493 e. The first kappa shape index (κ1) is 23.7. The number of aryl methyl sites for hydroxylation is 1. The molecular formula is C27H23N5O5. The van der Waals surface area contributed by atoms with Crippen molar-refractivity contribution < 1.29 is 18.7 Å². The summed E-state index contributed by atoms with van der Waals surface area (Å²) >= 11 is 0. The molecule has 0 aliphatic heterocycles. The molecule has 3 heterocycles. The molecule has 0 aliphatic carbocycles. The van der Waals surface area contributed by atoms with Crippen LogP contribution in [-0.2, 0) is 0 Å². The lowest BCUT2D eigenvalue weighted by atomic mass is 10.1. The van der Waals surface area contributed by atoms with Crippen molar-refractivity contribution in [1.29, 1.82) is 0 Å². The van der Waals surface area contributed by atoms with E-state index in [0.29, 0.717) is 34.3 Å². The molecule has 5 rings (SSSR count). The molecule has 0 radical (unpaired) electrons. The summed E-state index contributed by atoms with van der Waals surface area (Å²) in [5.74, 6) is 1.23. The van der Waals surface area contributed by atoms with Gasteiger partial charge in [0.25, 0.3) is 5.91 Å². The topological polar surface area (TPSA) is 121 Å². The summed E-state index contributed by atoms with van der Waals surface area (Å²) in [5.41, 5.74) is 2.93. The van der Waals surface area contributed by atoms with Crippen molar-refractivity contribution in [2.24, 2.45) is 0 Å². The molecule has 186 valence electrons. The van der Waals surface area contributed by atoms with Crippen molar-refractivity contribution in [3.05, 3.63) is 93.6 Å². The van der Waals surface area contributed by atoms with Crippen LogP contribution in [0.2, 0.25) is 0 Å². The fourth-order valence-electron chi connectivity index (χ4n) is 3.79. The Morgan fingerprint density at radius 3 is 2.43 bits per heavy atom. The van der Waals surface area contributed by atoms with Gasteiger partial charge in [-0.2, -0.15) is 5.10 Å². The molecule has 37 heavy (non-hydrogen) atoms. The molecule has 0 aliphatic rings. The second-order valence-corrected chi connectivity index (χ2v) is 8.34. The number of hydrogen-bond donors (Lipinski definition) is 1. The first-order valence-electron chi connectivity index (χ1n) is 11.4.